The minimum absolute atomic E-state index is 0.00534. The predicted octanol–water partition coefficient (Wildman–Crippen LogP) is 4.33. The molecular weight excluding hydrogens is 523 g/mol. The van der Waals surface area contributed by atoms with E-state index in [0.717, 1.165) is 44.6 Å². The van der Waals surface area contributed by atoms with Crippen molar-refractivity contribution in [2.45, 2.75) is 57.9 Å². The summed E-state index contributed by atoms with van der Waals surface area (Å²) in [6.45, 7) is 6.34. The van der Waals surface area contributed by atoms with Crippen molar-refractivity contribution in [2.24, 2.45) is 5.92 Å². The smallest absolute Gasteiger partial charge is 0.380 e. The Bertz CT molecular complexity index is 1350. The molecule has 2 aliphatic rings. The standard InChI is InChI=1S/C29H36F3N5O3/c1-2-40-18-17-36-26-19-23(29(30,31)32)3-4-25(26)37(28(36)39)24-9-15-35(16-10-24)27(38)22-7-13-34(14-8-22)20-21-5-11-33-12-6-21/h3-6,11-12,19,22,24H,2,7-10,13-18,20H2,1H3. The number of hydrogen-bond acceptors (Lipinski definition) is 5. The zero-order valence-corrected chi connectivity index (χ0v) is 22.8. The lowest BCUT2D eigenvalue weighted by Gasteiger charge is -2.37. The summed E-state index contributed by atoms with van der Waals surface area (Å²) < 4.78 is 48.7. The van der Waals surface area contributed by atoms with Gasteiger partial charge in [0.25, 0.3) is 0 Å². The predicted molar refractivity (Wildman–Crippen MR) is 145 cm³/mol. The van der Waals surface area contributed by atoms with Crippen molar-refractivity contribution >= 4 is 16.9 Å². The lowest BCUT2D eigenvalue weighted by molar-refractivity contribution is -0.138. The van der Waals surface area contributed by atoms with E-state index in [0.29, 0.717) is 38.1 Å². The quantitative estimate of drug-likeness (QED) is 0.385. The Balaban J connectivity index is 1.24. The number of imidazole rings is 1. The van der Waals surface area contributed by atoms with Gasteiger partial charge in [0.05, 0.1) is 29.7 Å². The van der Waals surface area contributed by atoms with Gasteiger partial charge in [0, 0.05) is 50.6 Å². The minimum atomic E-state index is -4.50. The Labute approximate surface area is 231 Å². The molecule has 0 saturated carbocycles. The summed E-state index contributed by atoms with van der Waals surface area (Å²) in [4.78, 5) is 35.1. The van der Waals surface area contributed by atoms with Crippen LogP contribution in [0.1, 0.15) is 49.8 Å². The fourth-order valence-electron chi connectivity index (χ4n) is 6.01. The molecule has 2 aliphatic heterocycles. The van der Waals surface area contributed by atoms with Crippen molar-refractivity contribution < 1.29 is 22.7 Å². The number of carbonyl (C=O) groups excluding carboxylic acids is 1. The Hall–Kier alpha value is -3.18. The van der Waals surface area contributed by atoms with Crippen molar-refractivity contribution in [3.8, 4) is 0 Å². The van der Waals surface area contributed by atoms with Crippen LogP contribution in [0.15, 0.2) is 47.5 Å². The molecule has 0 atom stereocenters. The number of piperidine rings is 2. The van der Waals surface area contributed by atoms with Gasteiger partial charge in [-0.05, 0) is 81.6 Å². The van der Waals surface area contributed by atoms with E-state index in [2.05, 4.69) is 9.88 Å². The van der Waals surface area contributed by atoms with Crippen LogP contribution in [0.4, 0.5) is 13.2 Å². The molecule has 3 aromatic rings. The summed E-state index contributed by atoms with van der Waals surface area (Å²) in [7, 11) is 0. The van der Waals surface area contributed by atoms with Crippen LogP contribution in [0.5, 0.6) is 0 Å². The van der Waals surface area contributed by atoms with Crippen LogP contribution in [-0.2, 0) is 28.8 Å². The van der Waals surface area contributed by atoms with Gasteiger partial charge in [-0.2, -0.15) is 13.2 Å². The average Bonchev–Trinajstić information content (AvgIpc) is 3.24. The van der Waals surface area contributed by atoms with Crippen LogP contribution in [0.2, 0.25) is 0 Å². The molecule has 0 bridgehead atoms. The van der Waals surface area contributed by atoms with Crippen molar-refractivity contribution in [1.29, 1.82) is 0 Å². The molecule has 2 aromatic heterocycles. The molecule has 8 nitrogen and oxygen atoms in total. The molecule has 216 valence electrons. The first-order valence-electron chi connectivity index (χ1n) is 14.1. The normalized spacial score (nSPS) is 18.1. The molecule has 2 saturated heterocycles. The first-order chi connectivity index (χ1) is 19.3. The first-order valence-corrected chi connectivity index (χ1v) is 14.1. The molecule has 4 heterocycles. The van der Waals surface area contributed by atoms with E-state index in [4.69, 9.17) is 4.74 Å². The lowest BCUT2D eigenvalue weighted by atomic mass is 9.93. The van der Waals surface area contributed by atoms with Gasteiger partial charge in [0.1, 0.15) is 0 Å². The zero-order chi connectivity index (χ0) is 28.3. The minimum Gasteiger partial charge on any atom is -0.380 e. The van der Waals surface area contributed by atoms with E-state index in [1.165, 1.54) is 16.2 Å². The average molecular weight is 560 g/mol. The summed E-state index contributed by atoms with van der Waals surface area (Å²) in [5, 5.41) is 0. The van der Waals surface area contributed by atoms with Gasteiger partial charge in [-0.1, -0.05) is 0 Å². The highest BCUT2D eigenvalue weighted by molar-refractivity contribution is 5.79. The third-order valence-corrected chi connectivity index (χ3v) is 8.19. The van der Waals surface area contributed by atoms with Crippen LogP contribution < -0.4 is 5.69 Å². The van der Waals surface area contributed by atoms with E-state index in [-0.39, 0.29) is 42.2 Å². The van der Waals surface area contributed by atoms with Crippen LogP contribution in [-0.4, -0.2) is 69.2 Å². The highest BCUT2D eigenvalue weighted by Gasteiger charge is 2.34. The van der Waals surface area contributed by atoms with Gasteiger partial charge in [0.15, 0.2) is 0 Å². The summed E-state index contributed by atoms with van der Waals surface area (Å²) >= 11 is 0. The maximum Gasteiger partial charge on any atom is 0.416 e. The SMILES string of the molecule is CCOCCn1c(=O)n(C2CCN(C(=O)C3CCN(Cc4ccncc4)CC3)CC2)c2ccc(C(F)(F)F)cc21. The second-order valence-corrected chi connectivity index (χ2v) is 10.7. The Morgan fingerprint density at radius 1 is 1.00 bits per heavy atom. The molecule has 5 rings (SSSR count). The first kappa shape index (κ1) is 28.4. The molecule has 0 N–H and O–H groups in total. The van der Waals surface area contributed by atoms with Crippen molar-refractivity contribution in [3.63, 3.8) is 0 Å². The van der Waals surface area contributed by atoms with Gasteiger partial charge < -0.3 is 9.64 Å². The second kappa shape index (κ2) is 12.1. The molecule has 40 heavy (non-hydrogen) atoms. The number of carbonyl (C=O) groups is 1. The number of amides is 1. The molecule has 0 aliphatic carbocycles. The van der Waals surface area contributed by atoms with E-state index < -0.39 is 11.7 Å². The number of alkyl halides is 3. The zero-order valence-electron chi connectivity index (χ0n) is 22.8. The summed E-state index contributed by atoms with van der Waals surface area (Å²) in [6.07, 6.45) is 1.88. The number of nitrogens with zero attached hydrogens (tertiary/aromatic N) is 5. The molecule has 2 fully saturated rings. The van der Waals surface area contributed by atoms with Crippen molar-refractivity contribution in [1.82, 2.24) is 23.9 Å². The van der Waals surface area contributed by atoms with Crippen molar-refractivity contribution in [3.05, 3.63) is 64.3 Å². The van der Waals surface area contributed by atoms with E-state index in [1.54, 1.807) is 17.0 Å². The maximum absolute atomic E-state index is 13.5. The van der Waals surface area contributed by atoms with Crippen LogP contribution in [0, 0.1) is 5.92 Å². The Morgan fingerprint density at radius 3 is 2.35 bits per heavy atom. The Morgan fingerprint density at radius 2 is 1.70 bits per heavy atom. The van der Waals surface area contributed by atoms with Gasteiger partial charge in [-0.3, -0.25) is 23.8 Å². The number of rotatable bonds is 8. The van der Waals surface area contributed by atoms with Crippen molar-refractivity contribution in [2.75, 3.05) is 39.4 Å². The fourth-order valence-corrected chi connectivity index (χ4v) is 6.01. The highest BCUT2D eigenvalue weighted by Crippen LogP contribution is 2.33. The van der Waals surface area contributed by atoms with Crippen LogP contribution in [0.25, 0.3) is 11.0 Å². The molecule has 0 unspecified atom stereocenters. The molecule has 1 amide bonds. The molecular formula is C29H36F3N5O3. The van der Waals surface area contributed by atoms with Gasteiger partial charge in [-0.25, -0.2) is 4.79 Å². The number of hydrogen-bond donors (Lipinski definition) is 0. The molecule has 1 aromatic carbocycles. The third kappa shape index (κ3) is 6.10. The third-order valence-electron chi connectivity index (χ3n) is 8.19. The van der Waals surface area contributed by atoms with Gasteiger partial charge >= 0.3 is 11.9 Å². The maximum atomic E-state index is 13.5. The van der Waals surface area contributed by atoms with Gasteiger partial charge in [-0.15, -0.1) is 0 Å². The number of benzene rings is 1. The summed E-state index contributed by atoms with van der Waals surface area (Å²) in [6, 6.07) is 7.32. The number of pyridine rings is 1. The number of fused-ring (bicyclic) bond motifs is 1. The van der Waals surface area contributed by atoms with Gasteiger partial charge in [0.2, 0.25) is 5.91 Å². The van der Waals surface area contributed by atoms with Crippen LogP contribution >= 0.6 is 0 Å². The number of likely N-dealkylation sites (tertiary alicyclic amines) is 2. The number of ether oxygens (including phenoxy) is 1. The van der Waals surface area contributed by atoms with E-state index >= 15 is 0 Å². The second-order valence-electron chi connectivity index (χ2n) is 10.7. The number of aromatic nitrogens is 3. The topological polar surface area (TPSA) is 72.6 Å². The fraction of sp³-hybridized carbons (Fsp3) is 0.552. The molecule has 0 spiro atoms. The monoisotopic (exact) mass is 559 g/mol. The highest BCUT2D eigenvalue weighted by atomic mass is 19.4. The summed E-state index contributed by atoms with van der Waals surface area (Å²) in [5.74, 6) is 0.164. The van der Waals surface area contributed by atoms with E-state index in [9.17, 15) is 22.8 Å². The van der Waals surface area contributed by atoms with Crippen LogP contribution in [0.3, 0.4) is 0 Å². The molecule has 11 heteroatoms. The Kier molecular flexibility index (Phi) is 8.60. The van der Waals surface area contributed by atoms with E-state index in [1.807, 2.05) is 24.0 Å². The largest absolute Gasteiger partial charge is 0.416 e. The lowest BCUT2D eigenvalue weighted by Crippen LogP contribution is -2.46. The molecule has 0 radical (unpaired) electrons. The number of halogens is 3. The summed E-state index contributed by atoms with van der Waals surface area (Å²) in [5.41, 5.74) is 0.846.